The highest BCUT2D eigenvalue weighted by Crippen LogP contribution is 2.32. The molecule has 116 valence electrons. The van der Waals surface area contributed by atoms with E-state index in [0.717, 1.165) is 38.6 Å². The Kier molecular flexibility index (Phi) is 5.07. The highest BCUT2D eigenvalue weighted by atomic mass is 32.2. The zero-order chi connectivity index (χ0) is 14.6. The third-order valence-electron chi connectivity index (χ3n) is 4.48. The van der Waals surface area contributed by atoms with Gasteiger partial charge in [0, 0.05) is 12.6 Å². The van der Waals surface area contributed by atoms with E-state index in [9.17, 15) is 13.2 Å². The van der Waals surface area contributed by atoms with E-state index in [1.54, 1.807) is 0 Å². The molecule has 2 N–H and O–H groups in total. The number of nitrogens with one attached hydrogen (secondary N) is 2. The van der Waals surface area contributed by atoms with Crippen LogP contribution in [0.4, 0.5) is 0 Å². The summed E-state index contributed by atoms with van der Waals surface area (Å²) in [5, 5.41) is 6.33. The first kappa shape index (κ1) is 15.8. The molecule has 0 bridgehead atoms. The Morgan fingerprint density at radius 3 is 2.80 bits per heavy atom. The van der Waals surface area contributed by atoms with E-state index in [4.69, 9.17) is 0 Å². The summed E-state index contributed by atoms with van der Waals surface area (Å²) in [5.41, 5.74) is -0.339. The summed E-state index contributed by atoms with van der Waals surface area (Å²) < 4.78 is 23.3. The van der Waals surface area contributed by atoms with Gasteiger partial charge in [-0.15, -0.1) is 0 Å². The summed E-state index contributed by atoms with van der Waals surface area (Å²) in [4.78, 5) is 12.6. The number of carbonyl (C=O) groups is 1. The third-order valence-corrected chi connectivity index (χ3v) is 6.30. The van der Waals surface area contributed by atoms with Gasteiger partial charge >= 0.3 is 0 Å². The van der Waals surface area contributed by atoms with Crippen LogP contribution in [0.25, 0.3) is 0 Å². The van der Waals surface area contributed by atoms with Gasteiger partial charge in [-0.3, -0.25) is 4.79 Å². The molecule has 5 nitrogen and oxygen atoms in total. The summed E-state index contributed by atoms with van der Waals surface area (Å²) >= 11 is 0. The molecule has 0 spiro atoms. The van der Waals surface area contributed by atoms with Crippen LogP contribution in [-0.2, 0) is 14.6 Å². The van der Waals surface area contributed by atoms with Crippen molar-refractivity contribution in [3.63, 3.8) is 0 Å². The molecule has 20 heavy (non-hydrogen) atoms. The molecule has 0 aliphatic carbocycles. The first-order chi connectivity index (χ1) is 9.47. The molecular formula is C14H26N2O3S. The topological polar surface area (TPSA) is 75.3 Å². The quantitative estimate of drug-likeness (QED) is 0.807. The Labute approximate surface area is 121 Å². The minimum atomic E-state index is -2.97. The number of carbonyl (C=O) groups excluding carboxylic acids is 1. The second-order valence-corrected chi connectivity index (χ2v) is 8.47. The van der Waals surface area contributed by atoms with Gasteiger partial charge in [-0.1, -0.05) is 13.3 Å². The number of hydrogen-bond donors (Lipinski definition) is 2. The molecule has 2 rings (SSSR count). The lowest BCUT2D eigenvalue weighted by atomic mass is 9.76. The molecule has 0 saturated carbocycles. The SMILES string of the molecule is CCCC1(C(=O)NC2CCCS(=O)(=O)C2)CCCNC1. The molecule has 2 fully saturated rings. The van der Waals surface area contributed by atoms with Crippen LogP contribution in [0.3, 0.4) is 0 Å². The maximum absolute atomic E-state index is 12.6. The van der Waals surface area contributed by atoms with Crippen molar-refractivity contribution in [3.05, 3.63) is 0 Å². The summed E-state index contributed by atoms with van der Waals surface area (Å²) in [6.45, 7) is 3.78. The molecule has 0 aromatic rings. The third kappa shape index (κ3) is 3.73. The van der Waals surface area contributed by atoms with Crippen molar-refractivity contribution in [3.8, 4) is 0 Å². The zero-order valence-electron chi connectivity index (χ0n) is 12.3. The van der Waals surface area contributed by atoms with Gasteiger partial charge in [-0.25, -0.2) is 8.42 Å². The van der Waals surface area contributed by atoms with E-state index in [0.29, 0.717) is 13.0 Å². The monoisotopic (exact) mass is 302 g/mol. The summed E-state index contributed by atoms with van der Waals surface area (Å²) in [5.74, 6) is 0.420. The summed E-state index contributed by atoms with van der Waals surface area (Å²) in [7, 11) is -2.97. The van der Waals surface area contributed by atoms with Crippen molar-refractivity contribution in [1.29, 1.82) is 0 Å². The molecule has 2 aliphatic rings. The van der Waals surface area contributed by atoms with Crippen LogP contribution in [0.5, 0.6) is 0 Å². The van der Waals surface area contributed by atoms with Gasteiger partial charge in [0.1, 0.15) is 0 Å². The zero-order valence-corrected chi connectivity index (χ0v) is 13.1. The molecule has 2 heterocycles. The Hall–Kier alpha value is -0.620. The van der Waals surface area contributed by atoms with Crippen LogP contribution in [-0.4, -0.2) is 45.0 Å². The Morgan fingerprint density at radius 2 is 2.20 bits per heavy atom. The van der Waals surface area contributed by atoms with Gasteiger partial charge in [0.05, 0.1) is 16.9 Å². The van der Waals surface area contributed by atoms with Crippen LogP contribution in [0.1, 0.15) is 45.4 Å². The molecule has 6 heteroatoms. The average Bonchev–Trinajstić information content (AvgIpc) is 2.39. The van der Waals surface area contributed by atoms with Gasteiger partial charge < -0.3 is 10.6 Å². The van der Waals surface area contributed by atoms with Gasteiger partial charge in [0.25, 0.3) is 0 Å². The predicted molar refractivity (Wildman–Crippen MR) is 79.3 cm³/mol. The largest absolute Gasteiger partial charge is 0.352 e. The first-order valence-corrected chi connectivity index (χ1v) is 9.52. The molecule has 2 aliphatic heterocycles. The fourth-order valence-electron chi connectivity index (χ4n) is 3.44. The molecular weight excluding hydrogens is 276 g/mol. The number of hydrogen-bond acceptors (Lipinski definition) is 4. The van der Waals surface area contributed by atoms with E-state index in [1.165, 1.54) is 0 Å². The van der Waals surface area contributed by atoms with Crippen LogP contribution >= 0.6 is 0 Å². The van der Waals surface area contributed by atoms with Crippen LogP contribution in [0, 0.1) is 5.41 Å². The average molecular weight is 302 g/mol. The van der Waals surface area contributed by atoms with E-state index < -0.39 is 9.84 Å². The van der Waals surface area contributed by atoms with Crippen molar-refractivity contribution in [2.75, 3.05) is 24.6 Å². The van der Waals surface area contributed by atoms with Crippen molar-refractivity contribution in [2.24, 2.45) is 5.41 Å². The molecule has 0 aromatic carbocycles. The van der Waals surface area contributed by atoms with Crippen LogP contribution in [0.2, 0.25) is 0 Å². The maximum Gasteiger partial charge on any atom is 0.227 e. The lowest BCUT2D eigenvalue weighted by Crippen LogP contribution is -2.54. The van der Waals surface area contributed by atoms with Gasteiger partial charge in [-0.05, 0) is 38.6 Å². The van der Waals surface area contributed by atoms with Crippen molar-refractivity contribution in [2.45, 2.75) is 51.5 Å². The van der Waals surface area contributed by atoms with Gasteiger partial charge in [-0.2, -0.15) is 0 Å². The standard InChI is InChI=1S/C14H26N2O3S/c1-2-6-14(7-4-8-15-11-14)13(17)16-12-5-3-9-20(18,19)10-12/h12,15H,2-11H2,1H3,(H,16,17). The normalized spacial score (nSPS) is 33.5. The second kappa shape index (κ2) is 6.43. The summed E-state index contributed by atoms with van der Waals surface area (Å²) in [6, 6.07) is -0.197. The van der Waals surface area contributed by atoms with Crippen LogP contribution < -0.4 is 10.6 Å². The minimum absolute atomic E-state index is 0.0497. The Morgan fingerprint density at radius 1 is 1.40 bits per heavy atom. The molecule has 0 radical (unpaired) electrons. The Balaban J connectivity index is 2.01. The lowest BCUT2D eigenvalue weighted by molar-refractivity contribution is -0.133. The molecule has 0 aromatic heterocycles. The molecule has 2 unspecified atom stereocenters. The number of piperidine rings is 1. The Bertz CT molecular complexity index is 436. The maximum atomic E-state index is 12.6. The van der Waals surface area contributed by atoms with E-state index in [2.05, 4.69) is 17.6 Å². The fraction of sp³-hybridized carbons (Fsp3) is 0.929. The highest BCUT2D eigenvalue weighted by Gasteiger charge is 2.40. The van der Waals surface area contributed by atoms with Gasteiger partial charge in [0.2, 0.25) is 5.91 Å². The molecule has 2 atom stereocenters. The van der Waals surface area contributed by atoms with Crippen molar-refractivity contribution < 1.29 is 13.2 Å². The van der Waals surface area contributed by atoms with Crippen molar-refractivity contribution in [1.82, 2.24) is 10.6 Å². The molecule has 2 saturated heterocycles. The predicted octanol–water partition coefficient (Wildman–Crippen LogP) is 0.850. The van der Waals surface area contributed by atoms with E-state index in [1.807, 2.05) is 0 Å². The lowest BCUT2D eigenvalue weighted by Gasteiger charge is -2.38. The first-order valence-electron chi connectivity index (χ1n) is 7.69. The van der Waals surface area contributed by atoms with E-state index >= 15 is 0 Å². The number of sulfone groups is 1. The minimum Gasteiger partial charge on any atom is -0.352 e. The second-order valence-electron chi connectivity index (χ2n) is 6.24. The molecule has 1 amide bonds. The number of amides is 1. The van der Waals surface area contributed by atoms with Crippen LogP contribution in [0.15, 0.2) is 0 Å². The van der Waals surface area contributed by atoms with Crippen molar-refractivity contribution >= 4 is 15.7 Å². The fourth-order valence-corrected chi connectivity index (χ4v) is 5.08. The highest BCUT2D eigenvalue weighted by molar-refractivity contribution is 7.91. The smallest absolute Gasteiger partial charge is 0.227 e. The number of rotatable bonds is 4. The van der Waals surface area contributed by atoms with Gasteiger partial charge in [0.15, 0.2) is 9.84 Å². The summed E-state index contributed by atoms with van der Waals surface area (Å²) in [6.07, 6.45) is 5.19. The van der Waals surface area contributed by atoms with E-state index in [-0.39, 0.29) is 28.9 Å².